The van der Waals surface area contributed by atoms with Crippen LogP contribution in [0.4, 0.5) is 34.1 Å². The van der Waals surface area contributed by atoms with Crippen molar-refractivity contribution in [1.82, 2.24) is 8.80 Å². The molecule has 4 heteroatoms. The van der Waals surface area contributed by atoms with E-state index in [0.717, 1.165) is 11.1 Å². The van der Waals surface area contributed by atoms with Crippen molar-refractivity contribution in [1.29, 1.82) is 0 Å². The molecule has 0 radical (unpaired) electrons. The van der Waals surface area contributed by atoms with Crippen LogP contribution < -0.4 is 9.80 Å². The Kier molecular flexibility index (Phi) is 4.35. The molecule has 0 fully saturated rings. The van der Waals surface area contributed by atoms with Gasteiger partial charge < -0.3 is 18.6 Å². The second-order valence-electron chi connectivity index (χ2n) is 16.3. The van der Waals surface area contributed by atoms with E-state index in [0.29, 0.717) is 0 Å². The summed E-state index contributed by atoms with van der Waals surface area (Å²) in [6.45, 7) is 7.75. The summed E-state index contributed by atoms with van der Waals surface area (Å²) in [4.78, 5) is 2.36. The Morgan fingerprint density at radius 2 is 0.734 bits per heavy atom. The SMILES string of the molecule is [2H]c1c([2H])c([2H])c(N(c2ccc(C(C)C)cc2)c2c([2H])c([2H])c3c4c([2H])c5c(c([2H])c4n4c6c([2H])c([2H])c([2H])c([2H])c6c2c34)c2c([2H])c([2H])c(N(c3ccc(C(C)C)cc3)c3c([2H])c([2H])c([2H])c([2H])c3[2H])c3c4c([2H])c([2H])c([2H])c([2H])c4n5c23)c([2H])c1[2H]. The van der Waals surface area contributed by atoms with Crippen molar-refractivity contribution >= 4 is 110 Å². The number of anilines is 6. The average molecular weight is 847 g/mol. The molecule has 13 aromatic rings. The van der Waals surface area contributed by atoms with Gasteiger partial charge in [-0.25, -0.2) is 0 Å². The summed E-state index contributed by atoms with van der Waals surface area (Å²) in [7, 11) is 0. The fraction of sp³-hybridized carbons (Fsp3) is 0.100. The van der Waals surface area contributed by atoms with E-state index in [2.05, 4.69) is 0 Å². The van der Waals surface area contributed by atoms with Crippen LogP contribution in [-0.2, 0) is 0 Å². The number of hydrogen-bond acceptors (Lipinski definition) is 2. The van der Waals surface area contributed by atoms with Gasteiger partial charge in [-0.15, -0.1) is 0 Å². The van der Waals surface area contributed by atoms with E-state index >= 15 is 0 Å². The Hall–Kier alpha value is -7.82. The van der Waals surface area contributed by atoms with E-state index in [9.17, 15) is 19.2 Å². The third-order valence-corrected chi connectivity index (χ3v) is 12.2. The van der Waals surface area contributed by atoms with E-state index in [4.69, 9.17) is 13.7 Å². The third kappa shape index (κ3) is 5.17. The van der Waals surface area contributed by atoms with Crippen LogP contribution >= 0.6 is 0 Å². The monoisotopic (exact) mass is 847 g/mol. The second-order valence-corrected chi connectivity index (χ2v) is 16.3. The van der Waals surface area contributed by atoms with Gasteiger partial charge in [-0.1, -0.05) is 137 Å². The van der Waals surface area contributed by atoms with E-state index in [1.807, 2.05) is 27.7 Å². The quantitative estimate of drug-likeness (QED) is 0.151. The third-order valence-electron chi connectivity index (χ3n) is 12.2. The van der Waals surface area contributed by atoms with Gasteiger partial charge in [0.15, 0.2) is 0 Å². The van der Waals surface area contributed by atoms with Crippen LogP contribution in [0.5, 0.6) is 0 Å². The van der Waals surface area contributed by atoms with E-state index in [1.165, 1.54) is 18.6 Å². The van der Waals surface area contributed by atoms with E-state index < -0.39 is 156 Å². The van der Waals surface area contributed by atoms with Gasteiger partial charge >= 0.3 is 0 Å². The normalized spacial score (nSPS) is 17.6. The summed E-state index contributed by atoms with van der Waals surface area (Å²) in [5, 5.41) is -2.03. The van der Waals surface area contributed by atoms with Gasteiger partial charge in [-0.05, 0) is 108 Å². The highest BCUT2D eigenvalue weighted by molar-refractivity contribution is 6.32. The number of nitrogens with zero attached hydrogens (tertiary/aromatic N) is 4. The summed E-state index contributed by atoms with van der Waals surface area (Å²) in [5.41, 5.74) is -1.37. The van der Waals surface area contributed by atoms with Crippen molar-refractivity contribution in [2.24, 2.45) is 0 Å². The minimum Gasteiger partial charge on any atom is -0.310 e. The average Bonchev–Trinajstić information content (AvgIpc) is 1.49. The molecule has 306 valence electrons. The summed E-state index contributed by atoms with van der Waals surface area (Å²) >= 11 is 0. The highest BCUT2D eigenvalue weighted by Crippen LogP contribution is 2.51. The van der Waals surface area contributed by atoms with Crippen LogP contribution in [0.3, 0.4) is 0 Å². The molecule has 0 spiro atoms. The predicted molar refractivity (Wildman–Crippen MR) is 273 cm³/mol. The van der Waals surface area contributed by atoms with Crippen molar-refractivity contribution in [3.63, 3.8) is 0 Å². The summed E-state index contributed by atoms with van der Waals surface area (Å²) in [5.74, 6) is -0.0272. The number of hydrogen-bond donors (Lipinski definition) is 0. The highest BCUT2D eigenvalue weighted by atomic mass is 15.2. The lowest BCUT2D eigenvalue weighted by Crippen LogP contribution is -2.10. The molecule has 0 amide bonds. The first-order chi connectivity index (χ1) is 41.4. The molecule has 0 unspecified atom stereocenters. The first kappa shape index (κ1) is 20.1. The lowest BCUT2D eigenvalue weighted by molar-refractivity contribution is 0.866. The van der Waals surface area contributed by atoms with Gasteiger partial charge in [0.05, 0.1) is 77.4 Å². The second kappa shape index (κ2) is 13.8. The molecule has 0 aliphatic heterocycles. The van der Waals surface area contributed by atoms with Crippen LogP contribution in [0.1, 0.15) is 83.6 Å². The number of para-hydroxylation sites is 4. The fourth-order valence-corrected chi connectivity index (χ4v) is 9.20. The number of fused-ring (bicyclic) bond motifs is 12. The molecule has 0 aliphatic carbocycles. The molecule has 0 aliphatic rings. The molecule has 4 nitrogen and oxygen atoms in total. The smallest absolute Gasteiger partial charge is 0.0653 e. The van der Waals surface area contributed by atoms with E-state index in [1.54, 1.807) is 48.5 Å². The fourth-order valence-electron chi connectivity index (χ4n) is 9.20. The van der Waals surface area contributed by atoms with Crippen molar-refractivity contribution < 1.29 is 32.9 Å². The van der Waals surface area contributed by atoms with Gasteiger partial charge in [-0.3, -0.25) is 0 Å². The Balaban J connectivity index is 1.29. The topological polar surface area (TPSA) is 15.3 Å². The Morgan fingerprint density at radius 3 is 1.12 bits per heavy atom. The molecule has 0 atom stereocenters. The summed E-state index contributed by atoms with van der Waals surface area (Å²) < 4.78 is 228. The lowest BCUT2D eigenvalue weighted by atomic mass is 10.0. The molecule has 9 aromatic carbocycles. The van der Waals surface area contributed by atoms with Crippen LogP contribution in [-0.4, -0.2) is 8.80 Å². The van der Waals surface area contributed by atoms with Crippen LogP contribution in [0.25, 0.3) is 76.2 Å². The molecular weight excluding hydrogens is 777 g/mol. The maximum atomic E-state index is 10.5. The van der Waals surface area contributed by atoms with Gasteiger partial charge in [0.25, 0.3) is 0 Å². The molecule has 4 aromatic heterocycles. The molecular formula is C60H46N4. The standard InChI is InChI=1S/C60H46N4/c1-37(2)39-23-27-43(28-24-39)61(41-15-7-5-8-16-41)53-33-31-45-49-35-56-50(36-55(49)63-51-21-13-11-19-47(51)57(53)59(45)63)46-32-34-54(58-48-20-12-14-22-52(48)64(56)60(46)58)62(42-17-9-6-10-18-42)44-29-25-40(26-30-44)38(3)4/h5-38H,1-4H3/i5D,6D,7D,8D,9D,10D,11D,12D,13D,14D,15D,16D,17D,18D,19D,20D,21D,22D,31D,32D,33D,34D,35D,36D. The van der Waals surface area contributed by atoms with Crippen molar-refractivity contribution in [2.75, 3.05) is 9.80 Å². The molecule has 0 N–H and O–H groups in total. The molecule has 64 heavy (non-hydrogen) atoms. The lowest BCUT2D eigenvalue weighted by Gasteiger charge is -2.27. The summed E-state index contributed by atoms with van der Waals surface area (Å²) in [6.07, 6.45) is 0. The molecule has 0 bridgehead atoms. The highest BCUT2D eigenvalue weighted by Gasteiger charge is 2.28. The number of aromatic nitrogens is 2. The minimum atomic E-state index is -0.755. The summed E-state index contributed by atoms with van der Waals surface area (Å²) in [6, 6.07) is -3.77. The van der Waals surface area contributed by atoms with Crippen molar-refractivity contribution in [3.05, 3.63) is 205 Å². The molecule has 4 heterocycles. The van der Waals surface area contributed by atoms with Gasteiger partial charge in [-0.2, -0.15) is 0 Å². The number of rotatable bonds is 8. The first-order valence-corrected chi connectivity index (χ1v) is 20.7. The maximum Gasteiger partial charge on any atom is 0.0653 e. The Bertz CT molecular complexity index is 4940. The minimum absolute atomic E-state index is 0.0136. The largest absolute Gasteiger partial charge is 0.310 e. The Labute approximate surface area is 405 Å². The van der Waals surface area contributed by atoms with Gasteiger partial charge in [0.2, 0.25) is 0 Å². The zero-order chi connectivity index (χ0) is 63.7. The molecule has 0 saturated heterocycles. The zero-order valence-electron chi connectivity index (χ0n) is 58.6. The molecule has 0 saturated carbocycles. The zero-order valence-corrected chi connectivity index (χ0v) is 34.6. The van der Waals surface area contributed by atoms with Crippen LogP contribution in [0, 0.1) is 0 Å². The number of benzene rings is 9. The maximum absolute atomic E-state index is 10.5. The van der Waals surface area contributed by atoms with Crippen LogP contribution in [0.15, 0.2) is 194 Å². The van der Waals surface area contributed by atoms with Crippen LogP contribution in [0.2, 0.25) is 0 Å². The first-order valence-electron chi connectivity index (χ1n) is 32.7. The molecule has 13 rings (SSSR count). The van der Waals surface area contributed by atoms with Crippen molar-refractivity contribution in [3.8, 4) is 0 Å². The van der Waals surface area contributed by atoms with Gasteiger partial charge in [0.1, 0.15) is 0 Å². The van der Waals surface area contributed by atoms with Gasteiger partial charge in [0, 0.05) is 65.8 Å². The van der Waals surface area contributed by atoms with Crippen molar-refractivity contribution in [2.45, 2.75) is 39.5 Å². The Morgan fingerprint density at radius 1 is 0.359 bits per heavy atom. The predicted octanol–water partition coefficient (Wildman–Crippen LogP) is 17.2. The van der Waals surface area contributed by atoms with E-state index in [-0.39, 0.29) is 111 Å².